The fourth-order valence-corrected chi connectivity index (χ4v) is 4.44. The van der Waals surface area contributed by atoms with Gasteiger partial charge in [0.15, 0.2) is 0 Å². The number of hydrogen-bond donors (Lipinski definition) is 2. The van der Waals surface area contributed by atoms with Gasteiger partial charge in [-0.15, -0.1) is 0 Å². The summed E-state index contributed by atoms with van der Waals surface area (Å²) in [6, 6.07) is 6.32. The highest BCUT2D eigenvalue weighted by molar-refractivity contribution is 6.08. The first-order chi connectivity index (χ1) is 16.6. The third-order valence-corrected chi connectivity index (χ3v) is 6.87. The number of rotatable bonds is 5. The minimum atomic E-state index is -3.80. The molecular formula is C26H30F3N5O2. The first-order valence-corrected chi connectivity index (χ1v) is 11.6. The summed E-state index contributed by atoms with van der Waals surface area (Å²) in [4.78, 5) is 25.2. The molecule has 1 aliphatic heterocycles. The molecule has 36 heavy (non-hydrogen) atoms. The molecule has 1 aliphatic rings. The quantitative estimate of drug-likeness (QED) is 0.517. The molecule has 0 fully saturated rings. The molecule has 1 amide bonds. The van der Waals surface area contributed by atoms with E-state index in [9.17, 15) is 18.7 Å². The van der Waals surface area contributed by atoms with Gasteiger partial charge in [0.1, 0.15) is 29.1 Å². The molecule has 1 unspecified atom stereocenters. The topological polar surface area (TPSA) is 81.6 Å². The molecule has 192 valence electrons. The van der Waals surface area contributed by atoms with Gasteiger partial charge < -0.3 is 20.2 Å². The van der Waals surface area contributed by atoms with Crippen LogP contribution in [-0.4, -0.2) is 46.7 Å². The Bertz CT molecular complexity index is 1360. The van der Waals surface area contributed by atoms with Crippen LogP contribution in [0.3, 0.4) is 0 Å². The standard InChI is InChI=1S/C26H30F3N5O2/c1-13(16-9-8-10-18(22(16)27)26(28,29)25(4,5)36)30-23-17-11-20-21(12-19(17)31-15(3)32-23)33(6)14(2)24(35)34(20)7/h8-14,36H,1-7H3,(H,30,31,32)/t13-,14?/m1/s1. The molecule has 0 saturated heterocycles. The largest absolute Gasteiger partial charge is 0.384 e. The van der Waals surface area contributed by atoms with Crippen molar-refractivity contribution in [3.8, 4) is 0 Å². The Morgan fingerprint density at radius 1 is 1.14 bits per heavy atom. The van der Waals surface area contributed by atoms with Crippen LogP contribution in [0.15, 0.2) is 30.3 Å². The van der Waals surface area contributed by atoms with Gasteiger partial charge in [-0.1, -0.05) is 12.1 Å². The molecule has 0 bridgehead atoms. The SMILES string of the molecule is Cc1nc(N[C@H](C)c2cccc(C(F)(F)C(C)(C)O)c2F)c2cc3c(cc2n1)N(C)C(C)C(=O)N3C. The number of likely N-dealkylation sites (N-methyl/N-ethyl adjacent to an activating group) is 2. The van der Waals surface area contributed by atoms with E-state index in [2.05, 4.69) is 15.3 Å². The molecule has 4 rings (SSSR count). The van der Waals surface area contributed by atoms with E-state index in [1.54, 1.807) is 31.9 Å². The number of aryl methyl sites for hydroxylation is 1. The van der Waals surface area contributed by atoms with Crippen LogP contribution in [0.4, 0.5) is 30.4 Å². The highest BCUT2D eigenvalue weighted by Gasteiger charge is 2.49. The molecule has 1 aromatic heterocycles. The van der Waals surface area contributed by atoms with E-state index in [0.717, 1.165) is 25.6 Å². The predicted molar refractivity (Wildman–Crippen MR) is 134 cm³/mol. The zero-order valence-corrected chi connectivity index (χ0v) is 21.3. The number of carbonyl (C=O) groups is 1. The fraction of sp³-hybridized carbons (Fsp3) is 0.423. The van der Waals surface area contributed by atoms with E-state index in [-0.39, 0.29) is 17.5 Å². The van der Waals surface area contributed by atoms with Gasteiger partial charge in [-0.25, -0.2) is 14.4 Å². The third kappa shape index (κ3) is 4.03. The normalized spacial score (nSPS) is 17.4. The Labute approximate surface area is 208 Å². The molecule has 2 aromatic carbocycles. The maximum absolute atomic E-state index is 15.3. The molecule has 2 heterocycles. The van der Waals surface area contributed by atoms with Crippen molar-refractivity contribution in [1.29, 1.82) is 0 Å². The minimum absolute atomic E-state index is 0.000320. The van der Waals surface area contributed by atoms with Crippen LogP contribution in [0.1, 0.15) is 50.7 Å². The van der Waals surface area contributed by atoms with Gasteiger partial charge in [0.05, 0.1) is 28.5 Å². The molecule has 3 aromatic rings. The second kappa shape index (κ2) is 8.62. The van der Waals surface area contributed by atoms with Gasteiger partial charge in [0, 0.05) is 25.0 Å². The number of anilines is 3. The monoisotopic (exact) mass is 501 g/mol. The van der Waals surface area contributed by atoms with Gasteiger partial charge in [0.2, 0.25) is 5.91 Å². The molecule has 2 N–H and O–H groups in total. The van der Waals surface area contributed by atoms with E-state index in [1.807, 2.05) is 24.9 Å². The zero-order valence-electron chi connectivity index (χ0n) is 21.3. The number of aliphatic hydroxyl groups is 1. The van der Waals surface area contributed by atoms with Crippen molar-refractivity contribution in [3.63, 3.8) is 0 Å². The zero-order chi connectivity index (χ0) is 26.7. The summed E-state index contributed by atoms with van der Waals surface area (Å²) in [5.74, 6) is -4.11. The van der Waals surface area contributed by atoms with Gasteiger partial charge in [0.25, 0.3) is 0 Å². The number of aromatic nitrogens is 2. The number of alkyl halides is 2. The molecule has 0 radical (unpaired) electrons. The van der Waals surface area contributed by atoms with Crippen molar-refractivity contribution in [2.75, 3.05) is 29.2 Å². The van der Waals surface area contributed by atoms with E-state index in [0.29, 0.717) is 28.2 Å². The Morgan fingerprint density at radius 3 is 2.44 bits per heavy atom. The second-order valence-corrected chi connectivity index (χ2v) is 9.87. The van der Waals surface area contributed by atoms with Crippen molar-refractivity contribution in [1.82, 2.24) is 9.97 Å². The van der Waals surface area contributed by atoms with E-state index >= 15 is 4.39 Å². The van der Waals surface area contributed by atoms with Crippen molar-refractivity contribution in [2.24, 2.45) is 0 Å². The van der Waals surface area contributed by atoms with Gasteiger partial charge >= 0.3 is 5.92 Å². The highest BCUT2D eigenvalue weighted by atomic mass is 19.3. The number of carbonyl (C=O) groups excluding carboxylic acids is 1. The molecule has 0 spiro atoms. The molecule has 10 heteroatoms. The summed E-state index contributed by atoms with van der Waals surface area (Å²) >= 11 is 0. The molecule has 2 atom stereocenters. The lowest BCUT2D eigenvalue weighted by atomic mass is 9.91. The third-order valence-electron chi connectivity index (χ3n) is 6.87. The first kappa shape index (κ1) is 25.7. The first-order valence-electron chi connectivity index (χ1n) is 11.6. The van der Waals surface area contributed by atoms with Crippen LogP contribution in [-0.2, 0) is 10.7 Å². The number of fused-ring (bicyclic) bond motifs is 2. The number of benzene rings is 2. The van der Waals surface area contributed by atoms with Crippen LogP contribution in [0.5, 0.6) is 0 Å². The van der Waals surface area contributed by atoms with E-state index < -0.39 is 28.9 Å². The Balaban J connectivity index is 1.79. The maximum atomic E-state index is 15.3. The highest BCUT2D eigenvalue weighted by Crippen LogP contribution is 2.42. The molecule has 7 nitrogen and oxygen atoms in total. The van der Waals surface area contributed by atoms with Crippen LogP contribution >= 0.6 is 0 Å². The van der Waals surface area contributed by atoms with Crippen molar-refractivity contribution in [2.45, 2.75) is 58.2 Å². The summed E-state index contributed by atoms with van der Waals surface area (Å²) in [6.07, 6.45) is 0. The Kier molecular flexibility index (Phi) is 6.15. The van der Waals surface area contributed by atoms with Crippen molar-refractivity contribution < 1.29 is 23.1 Å². The Hall–Kier alpha value is -3.40. The number of halogens is 3. The van der Waals surface area contributed by atoms with E-state index in [4.69, 9.17) is 0 Å². The molecule has 0 saturated carbocycles. The molecule has 0 aliphatic carbocycles. The molecular weight excluding hydrogens is 471 g/mol. The van der Waals surface area contributed by atoms with Crippen LogP contribution < -0.4 is 15.1 Å². The lowest BCUT2D eigenvalue weighted by Gasteiger charge is -2.38. The smallest absolute Gasteiger partial charge is 0.303 e. The predicted octanol–water partition coefficient (Wildman–Crippen LogP) is 4.91. The van der Waals surface area contributed by atoms with Crippen LogP contribution in [0.2, 0.25) is 0 Å². The van der Waals surface area contributed by atoms with E-state index in [1.165, 1.54) is 12.1 Å². The summed E-state index contributed by atoms with van der Waals surface area (Å²) in [6.45, 7) is 7.07. The van der Waals surface area contributed by atoms with Crippen molar-refractivity contribution >= 4 is 34.0 Å². The summed E-state index contributed by atoms with van der Waals surface area (Å²) in [5.41, 5.74) is -1.19. The number of nitrogens with zero attached hydrogens (tertiary/aromatic N) is 4. The second-order valence-electron chi connectivity index (χ2n) is 9.87. The number of nitrogens with one attached hydrogen (secondary N) is 1. The van der Waals surface area contributed by atoms with Crippen molar-refractivity contribution in [3.05, 3.63) is 53.1 Å². The number of amides is 1. The average Bonchev–Trinajstić information content (AvgIpc) is 2.79. The average molecular weight is 502 g/mol. The van der Waals surface area contributed by atoms with Gasteiger partial charge in [-0.3, -0.25) is 4.79 Å². The fourth-order valence-electron chi connectivity index (χ4n) is 4.44. The van der Waals surface area contributed by atoms with Gasteiger partial charge in [-0.05, 0) is 52.8 Å². The van der Waals surface area contributed by atoms with Gasteiger partial charge in [-0.2, -0.15) is 8.78 Å². The lowest BCUT2D eigenvalue weighted by Crippen LogP contribution is -2.49. The maximum Gasteiger partial charge on any atom is 0.303 e. The van der Waals surface area contributed by atoms with Crippen LogP contribution in [0, 0.1) is 12.7 Å². The summed E-state index contributed by atoms with van der Waals surface area (Å²) < 4.78 is 44.9. The minimum Gasteiger partial charge on any atom is -0.384 e. The Morgan fingerprint density at radius 2 is 1.81 bits per heavy atom. The summed E-state index contributed by atoms with van der Waals surface area (Å²) in [7, 11) is 3.54. The lowest BCUT2D eigenvalue weighted by molar-refractivity contribution is -0.170. The number of hydrogen-bond acceptors (Lipinski definition) is 6. The summed E-state index contributed by atoms with van der Waals surface area (Å²) in [5, 5.41) is 13.7. The van der Waals surface area contributed by atoms with Crippen LogP contribution in [0.25, 0.3) is 10.9 Å².